The first kappa shape index (κ1) is 80.1. The highest BCUT2D eigenvalue weighted by molar-refractivity contribution is 5.76. The van der Waals surface area contributed by atoms with E-state index in [4.69, 9.17) is 4.74 Å². The van der Waals surface area contributed by atoms with Crippen molar-refractivity contribution in [1.29, 1.82) is 0 Å². The molecule has 0 saturated carbocycles. The lowest BCUT2D eigenvalue weighted by Gasteiger charge is -2.22. The van der Waals surface area contributed by atoms with E-state index in [-0.39, 0.29) is 18.5 Å². The lowest BCUT2D eigenvalue weighted by atomic mass is 10.0. The molecule has 2 atom stereocenters. The highest BCUT2D eigenvalue weighted by Gasteiger charge is 2.20. The normalized spacial score (nSPS) is 12.7. The predicted molar refractivity (Wildman–Crippen MR) is 361 cm³/mol. The van der Waals surface area contributed by atoms with Crippen molar-refractivity contribution in [2.24, 2.45) is 0 Å². The SMILES string of the molecule is CCCCCCC/C=C\CCCCCCCC(=O)OCCCCCCCCCCCCC/C=C\C/C=C\CCCCCCCCCCCCCCCCCCCC(=O)NC(CO)C(O)CCCCCCCCCCCCCCCCCC. The molecule has 0 bridgehead atoms. The number of hydrogen-bond donors (Lipinski definition) is 3. The van der Waals surface area contributed by atoms with Crippen LogP contribution in [0.5, 0.6) is 0 Å². The molecule has 0 radical (unpaired) electrons. The Kier molecular flexibility index (Phi) is 69.9. The van der Waals surface area contributed by atoms with Gasteiger partial charge in [0.05, 0.1) is 25.4 Å². The largest absolute Gasteiger partial charge is 0.466 e. The van der Waals surface area contributed by atoms with Crippen LogP contribution < -0.4 is 5.32 Å². The molecule has 2 unspecified atom stereocenters. The van der Waals surface area contributed by atoms with E-state index in [1.165, 1.54) is 327 Å². The number of unbranched alkanes of at least 4 members (excludes halogenated alkanes) is 53. The first-order chi connectivity index (χ1) is 40.5. The Labute approximate surface area is 513 Å². The van der Waals surface area contributed by atoms with Crippen molar-refractivity contribution in [2.45, 2.75) is 424 Å². The number of rotatable bonds is 70. The molecule has 0 aliphatic heterocycles. The molecular weight excluding hydrogens is 1010 g/mol. The molecule has 0 aromatic heterocycles. The second kappa shape index (κ2) is 71.6. The van der Waals surface area contributed by atoms with E-state index in [1.807, 2.05) is 0 Å². The smallest absolute Gasteiger partial charge is 0.305 e. The van der Waals surface area contributed by atoms with E-state index < -0.39 is 12.1 Å². The van der Waals surface area contributed by atoms with E-state index in [1.54, 1.807) is 0 Å². The molecular formula is C76H145NO5. The van der Waals surface area contributed by atoms with E-state index >= 15 is 0 Å². The lowest BCUT2D eigenvalue weighted by molar-refractivity contribution is -0.143. The third-order valence-corrected chi connectivity index (χ3v) is 17.4. The maximum absolute atomic E-state index is 12.5. The van der Waals surface area contributed by atoms with Crippen LogP contribution in [0.25, 0.3) is 0 Å². The standard InChI is InChI=1S/C76H145NO5/c1-3-5-7-9-11-13-15-17-19-41-44-48-52-56-60-64-68-74(79)73(72-78)77-75(80)69-65-61-57-53-49-45-42-39-37-35-33-31-29-27-25-23-21-20-22-24-26-28-30-32-34-36-38-40-43-47-51-55-59-63-67-71-82-76(81)70-66-62-58-54-50-46-18-16-14-12-10-8-6-4-2/h16,18,22,24,28,30,73-74,78-79H,3-15,17,19-21,23,25-27,29,31-72H2,1-2H3,(H,77,80)/b18-16-,24-22-,30-28-. The van der Waals surface area contributed by atoms with Crippen molar-refractivity contribution in [3.05, 3.63) is 36.5 Å². The number of nitrogens with one attached hydrogen (secondary N) is 1. The maximum atomic E-state index is 12.5. The number of hydrogen-bond acceptors (Lipinski definition) is 5. The quantitative estimate of drug-likeness (QED) is 0.0320. The van der Waals surface area contributed by atoms with Crippen LogP contribution in [0.2, 0.25) is 0 Å². The summed E-state index contributed by atoms with van der Waals surface area (Å²) in [5.74, 6) is -0.0208. The molecule has 82 heavy (non-hydrogen) atoms. The molecule has 0 aromatic rings. The third kappa shape index (κ3) is 67.2. The van der Waals surface area contributed by atoms with Crippen LogP contribution in [0.3, 0.4) is 0 Å². The Bertz CT molecular complexity index is 1330. The first-order valence-electron chi connectivity index (χ1n) is 37.2. The minimum atomic E-state index is -0.663. The minimum absolute atomic E-state index is 0.00865. The number of aliphatic hydroxyl groups is 2. The zero-order chi connectivity index (χ0) is 59.2. The molecule has 1 amide bonds. The van der Waals surface area contributed by atoms with Crippen LogP contribution in [-0.2, 0) is 14.3 Å². The summed E-state index contributed by atoms with van der Waals surface area (Å²) in [4.78, 5) is 24.6. The summed E-state index contributed by atoms with van der Waals surface area (Å²) in [6.45, 7) is 4.97. The van der Waals surface area contributed by atoms with Gasteiger partial charge in [-0.3, -0.25) is 9.59 Å². The molecule has 0 aliphatic carbocycles. The van der Waals surface area contributed by atoms with E-state index in [0.29, 0.717) is 25.9 Å². The minimum Gasteiger partial charge on any atom is -0.466 e. The monoisotopic (exact) mass is 1150 g/mol. The van der Waals surface area contributed by atoms with E-state index in [2.05, 4.69) is 55.6 Å². The van der Waals surface area contributed by atoms with Crippen LogP contribution in [0, 0.1) is 0 Å². The van der Waals surface area contributed by atoms with Crippen molar-refractivity contribution in [3.63, 3.8) is 0 Å². The molecule has 0 aliphatic rings. The van der Waals surface area contributed by atoms with Crippen molar-refractivity contribution >= 4 is 11.9 Å². The van der Waals surface area contributed by atoms with Crippen molar-refractivity contribution in [1.82, 2.24) is 5.32 Å². The summed E-state index contributed by atoms with van der Waals surface area (Å²) < 4.78 is 5.49. The summed E-state index contributed by atoms with van der Waals surface area (Å²) in [6, 6.07) is -0.540. The Balaban J connectivity index is 3.37. The number of allylic oxidation sites excluding steroid dienone is 6. The van der Waals surface area contributed by atoms with Crippen LogP contribution in [-0.4, -0.2) is 47.4 Å². The first-order valence-corrected chi connectivity index (χ1v) is 37.2. The van der Waals surface area contributed by atoms with Crippen molar-refractivity contribution in [3.8, 4) is 0 Å². The summed E-state index contributed by atoms with van der Waals surface area (Å²) in [6.07, 6.45) is 92.2. The van der Waals surface area contributed by atoms with Gasteiger partial charge >= 0.3 is 5.97 Å². The fourth-order valence-corrected chi connectivity index (χ4v) is 11.7. The number of ether oxygens (including phenoxy) is 1. The lowest BCUT2D eigenvalue weighted by Crippen LogP contribution is -2.45. The highest BCUT2D eigenvalue weighted by atomic mass is 16.5. The van der Waals surface area contributed by atoms with Crippen LogP contribution in [0.15, 0.2) is 36.5 Å². The number of carbonyl (C=O) groups excluding carboxylic acids is 2. The van der Waals surface area contributed by atoms with E-state index in [9.17, 15) is 19.8 Å². The van der Waals surface area contributed by atoms with Crippen LogP contribution in [0.4, 0.5) is 0 Å². The summed E-state index contributed by atoms with van der Waals surface area (Å²) in [7, 11) is 0. The van der Waals surface area contributed by atoms with Gasteiger partial charge in [0.25, 0.3) is 0 Å². The Morgan fingerprint density at radius 2 is 0.610 bits per heavy atom. The van der Waals surface area contributed by atoms with Gasteiger partial charge in [-0.05, 0) is 83.5 Å². The Morgan fingerprint density at radius 3 is 0.939 bits per heavy atom. The second-order valence-corrected chi connectivity index (χ2v) is 25.6. The molecule has 484 valence electrons. The Hall–Kier alpha value is -1.92. The average molecular weight is 1150 g/mol. The fraction of sp³-hybridized carbons (Fsp3) is 0.895. The molecule has 0 heterocycles. The molecule has 6 heteroatoms. The molecule has 3 N–H and O–H groups in total. The number of aliphatic hydroxyl groups excluding tert-OH is 2. The zero-order valence-electron chi connectivity index (χ0n) is 55.5. The highest BCUT2D eigenvalue weighted by Crippen LogP contribution is 2.19. The molecule has 0 aromatic carbocycles. The number of amides is 1. The number of esters is 1. The summed E-state index contributed by atoms with van der Waals surface area (Å²) in [5, 5.41) is 23.4. The topological polar surface area (TPSA) is 95.9 Å². The molecule has 0 spiro atoms. The zero-order valence-corrected chi connectivity index (χ0v) is 55.5. The maximum Gasteiger partial charge on any atom is 0.305 e. The molecule has 0 fully saturated rings. The van der Waals surface area contributed by atoms with Gasteiger partial charge in [-0.25, -0.2) is 0 Å². The second-order valence-electron chi connectivity index (χ2n) is 25.6. The van der Waals surface area contributed by atoms with Crippen LogP contribution >= 0.6 is 0 Å². The van der Waals surface area contributed by atoms with Gasteiger partial charge in [-0.2, -0.15) is 0 Å². The third-order valence-electron chi connectivity index (χ3n) is 17.4. The molecule has 0 rings (SSSR count). The van der Waals surface area contributed by atoms with Gasteiger partial charge in [-0.15, -0.1) is 0 Å². The summed E-state index contributed by atoms with van der Waals surface area (Å²) in [5.41, 5.74) is 0. The van der Waals surface area contributed by atoms with Gasteiger partial charge in [0.1, 0.15) is 0 Å². The molecule has 6 nitrogen and oxygen atoms in total. The van der Waals surface area contributed by atoms with E-state index in [0.717, 1.165) is 51.4 Å². The number of carbonyl (C=O) groups is 2. The van der Waals surface area contributed by atoms with Gasteiger partial charge in [0.2, 0.25) is 5.91 Å². The molecule has 0 saturated heterocycles. The average Bonchev–Trinajstić information content (AvgIpc) is 3.48. The van der Waals surface area contributed by atoms with Gasteiger partial charge in [0.15, 0.2) is 0 Å². The predicted octanol–water partition coefficient (Wildman–Crippen LogP) is 24.3. The van der Waals surface area contributed by atoms with Crippen molar-refractivity contribution < 1.29 is 24.5 Å². The fourth-order valence-electron chi connectivity index (χ4n) is 11.7. The summed E-state index contributed by atoms with van der Waals surface area (Å²) >= 11 is 0. The van der Waals surface area contributed by atoms with Gasteiger partial charge in [0, 0.05) is 12.8 Å². The van der Waals surface area contributed by atoms with Crippen molar-refractivity contribution in [2.75, 3.05) is 13.2 Å². The van der Waals surface area contributed by atoms with Crippen LogP contribution in [0.1, 0.15) is 412 Å². The Morgan fingerprint density at radius 1 is 0.341 bits per heavy atom. The van der Waals surface area contributed by atoms with Gasteiger partial charge < -0.3 is 20.3 Å². The van der Waals surface area contributed by atoms with Gasteiger partial charge in [-0.1, -0.05) is 352 Å².